The van der Waals surface area contributed by atoms with E-state index in [-0.39, 0.29) is 12.5 Å². The number of amides is 1. The van der Waals surface area contributed by atoms with Crippen LogP contribution in [0.1, 0.15) is 23.6 Å². The first-order valence-electron chi connectivity index (χ1n) is 8.98. The molecule has 0 N–H and O–H groups in total. The molecule has 1 amide bonds. The summed E-state index contributed by atoms with van der Waals surface area (Å²) in [5.74, 6) is 2.01. The van der Waals surface area contributed by atoms with Gasteiger partial charge in [-0.15, -0.1) is 0 Å². The highest BCUT2D eigenvalue weighted by molar-refractivity contribution is 6.31. The number of carbonyl (C=O) groups is 1. The van der Waals surface area contributed by atoms with Gasteiger partial charge < -0.3 is 19.1 Å². The van der Waals surface area contributed by atoms with Crippen molar-refractivity contribution in [2.75, 3.05) is 27.4 Å². The SMILES string of the molecule is CCc1cc(OCC(=O)N2CCc3cc(OC)c(OC)cc3C2)ccc1Cl. The van der Waals surface area contributed by atoms with Crippen LogP contribution in [0.15, 0.2) is 30.3 Å². The topological polar surface area (TPSA) is 48.0 Å². The van der Waals surface area contributed by atoms with E-state index in [9.17, 15) is 4.79 Å². The number of ether oxygens (including phenoxy) is 3. The van der Waals surface area contributed by atoms with E-state index in [4.69, 9.17) is 25.8 Å². The zero-order chi connectivity index (χ0) is 19.4. The first-order chi connectivity index (χ1) is 13.0. The molecule has 0 aliphatic carbocycles. The normalized spacial score (nSPS) is 13.1. The molecular formula is C21H24ClNO4. The summed E-state index contributed by atoms with van der Waals surface area (Å²) in [6.07, 6.45) is 1.60. The van der Waals surface area contributed by atoms with Gasteiger partial charge in [0.15, 0.2) is 18.1 Å². The number of fused-ring (bicyclic) bond motifs is 1. The zero-order valence-corrected chi connectivity index (χ0v) is 16.6. The van der Waals surface area contributed by atoms with Crippen LogP contribution in [0.25, 0.3) is 0 Å². The minimum absolute atomic E-state index is 0.00735. The molecule has 0 unspecified atom stereocenters. The van der Waals surface area contributed by atoms with Crippen molar-refractivity contribution in [2.24, 2.45) is 0 Å². The van der Waals surface area contributed by atoms with Crippen LogP contribution in [-0.4, -0.2) is 38.2 Å². The van der Waals surface area contributed by atoms with Crippen LogP contribution in [0.5, 0.6) is 17.2 Å². The number of aryl methyl sites for hydroxylation is 1. The molecule has 5 nitrogen and oxygen atoms in total. The van der Waals surface area contributed by atoms with Crippen LogP contribution in [0.4, 0.5) is 0 Å². The second kappa shape index (κ2) is 8.53. The quantitative estimate of drug-likeness (QED) is 0.752. The maximum Gasteiger partial charge on any atom is 0.260 e. The maximum atomic E-state index is 12.6. The third-order valence-corrected chi connectivity index (χ3v) is 5.20. The first kappa shape index (κ1) is 19.4. The standard InChI is InChI=1S/C21H24ClNO4/c1-4-14-9-17(5-6-18(14)22)27-13-21(24)23-8-7-15-10-19(25-2)20(26-3)11-16(15)12-23/h5-6,9-11H,4,7-8,12-13H2,1-3H3. The molecule has 0 radical (unpaired) electrons. The molecule has 1 aliphatic heterocycles. The summed E-state index contributed by atoms with van der Waals surface area (Å²) in [6.45, 7) is 3.24. The minimum Gasteiger partial charge on any atom is -0.493 e. The second-order valence-corrected chi connectivity index (χ2v) is 6.84. The lowest BCUT2D eigenvalue weighted by Crippen LogP contribution is -2.38. The van der Waals surface area contributed by atoms with E-state index in [0.717, 1.165) is 24.0 Å². The number of rotatable bonds is 6. The smallest absolute Gasteiger partial charge is 0.260 e. The van der Waals surface area contributed by atoms with Gasteiger partial charge in [0, 0.05) is 18.1 Å². The van der Waals surface area contributed by atoms with Gasteiger partial charge >= 0.3 is 0 Å². The van der Waals surface area contributed by atoms with Gasteiger partial charge in [0.05, 0.1) is 14.2 Å². The fourth-order valence-corrected chi connectivity index (χ4v) is 3.50. The van der Waals surface area contributed by atoms with Gasteiger partial charge in [-0.25, -0.2) is 0 Å². The Morgan fingerprint density at radius 3 is 2.48 bits per heavy atom. The molecule has 144 valence electrons. The molecule has 6 heteroatoms. The summed E-state index contributed by atoms with van der Waals surface area (Å²) in [5.41, 5.74) is 3.27. The lowest BCUT2D eigenvalue weighted by Gasteiger charge is -2.29. The van der Waals surface area contributed by atoms with Crippen molar-refractivity contribution in [1.29, 1.82) is 0 Å². The summed E-state index contributed by atoms with van der Waals surface area (Å²) in [6, 6.07) is 9.42. The van der Waals surface area contributed by atoms with E-state index >= 15 is 0 Å². The molecule has 1 heterocycles. The van der Waals surface area contributed by atoms with Gasteiger partial charge in [0.25, 0.3) is 5.91 Å². The van der Waals surface area contributed by atoms with Crippen LogP contribution in [-0.2, 0) is 24.2 Å². The van der Waals surface area contributed by atoms with Crippen molar-refractivity contribution in [1.82, 2.24) is 4.90 Å². The maximum absolute atomic E-state index is 12.6. The average molecular weight is 390 g/mol. The molecule has 0 spiro atoms. The van der Waals surface area contributed by atoms with Crippen molar-refractivity contribution >= 4 is 17.5 Å². The zero-order valence-electron chi connectivity index (χ0n) is 15.9. The fourth-order valence-electron chi connectivity index (χ4n) is 3.24. The molecule has 0 fully saturated rings. The Morgan fingerprint density at radius 2 is 1.81 bits per heavy atom. The van der Waals surface area contributed by atoms with Crippen molar-refractivity contribution in [3.63, 3.8) is 0 Å². The van der Waals surface area contributed by atoms with Crippen LogP contribution in [0.3, 0.4) is 0 Å². The van der Waals surface area contributed by atoms with Gasteiger partial charge in [-0.1, -0.05) is 18.5 Å². The van der Waals surface area contributed by atoms with E-state index in [1.54, 1.807) is 26.4 Å². The molecule has 2 aromatic rings. The van der Waals surface area contributed by atoms with Crippen LogP contribution < -0.4 is 14.2 Å². The predicted molar refractivity (Wildman–Crippen MR) is 105 cm³/mol. The Hall–Kier alpha value is -2.40. The summed E-state index contributed by atoms with van der Waals surface area (Å²) in [5, 5.41) is 0.716. The number of hydrogen-bond donors (Lipinski definition) is 0. The lowest BCUT2D eigenvalue weighted by atomic mass is 9.99. The summed E-state index contributed by atoms with van der Waals surface area (Å²) in [4.78, 5) is 14.4. The highest BCUT2D eigenvalue weighted by atomic mass is 35.5. The van der Waals surface area contributed by atoms with Crippen LogP contribution in [0, 0.1) is 0 Å². The summed E-state index contributed by atoms with van der Waals surface area (Å²) >= 11 is 6.13. The van der Waals surface area contributed by atoms with E-state index in [2.05, 4.69) is 0 Å². The molecule has 3 rings (SSSR count). The van der Waals surface area contributed by atoms with Crippen molar-refractivity contribution in [2.45, 2.75) is 26.3 Å². The van der Waals surface area contributed by atoms with Gasteiger partial charge in [0.1, 0.15) is 5.75 Å². The number of hydrogen-bond acceptors (Lipinski definition) is 4. The highest BCUT2D eigenvalue weighted by Gasteiger charge is 2.23. The van der Waals surface area contributed by atoms with Crippen molar-refractivity contribution < 1.29 is 19.0 Å². The monoisotopic (exact) mass is 389 g/mol. The summed E-state index contributed by atoms with van der Waals surface area (Å²) in [7, 11) is 3.24. The predicted octanol–water partition coefficient (Wildman–Crippen LogP) is 3.88. The molecule has 27 heavy (non-hydrogen) atoms. The Balaban J connectivity index is 1.65. The van der Waals surface area contributed by atoms with Crippen LogP contribution in [0.2, 0.25) is 5.02 Å². The van der Waals surface area contributed by atoms with Gasteiger partial charge in [-0.05, 0) is 59.9 Å². The number of nitrogens with zero attached hydrogens (tertiary/aromatic N) is 1. The Kier molecular flexibility index (Phi) is 6.11. The third-order valence-electron chi connectivity index (χ3n) is 4.83. The third kappa shape index (κ3) is 4.30. The lowest BCUT2D eigenvalue weighted by molar-refractivity contribution is -0.134. The Labute approximate surface area is 164 Å². The van der Waals surface area contributed by atoms with Gasteiger partial charge in [-0.3, -0.25) is 4.79 Å². The van der Waals surface area contributed by atoms with Gasteiger partial charge in [-0.2, -0.15) is 0 Å². The van der Waals surface area contributed by atoms with Gasteiger partial charge in [0.2, 0.25) is 0 Å². The molecule has 0 saturated carbocycles. The van der Waals surface area contributed by atoms with Crippen LogP contribution >= 0.6 is 11.6 Å². The molecule has 0 saturated heterocycles. The molecule has 2 aromatic carbocycles. The minimum atomic E-state index is -0.0385. The number of methoxy groups -OCH3 is 2. The average Bonchev–Trinajstić information content (AvgIpc) is 2.71. The molecular weight excluding hydrogens is 366 g/mol. The number of halogens is 1. The Morgan fingerprint density at radius 1 is 1.11 bits per heavy atom. The first-order valence-corrected chi connectivity index (χ1v) is 9.36. The van der Waals surface area contributed by atoms with Crippen molar-refractivity contribution in [3.8, 4) is 17.2 Å². The summed E-state index contributed by atoms with van der Waals surface area (Å²) < 4.78 is 16.4. The fraction of sp³-hybridized carbons (Fsp3) is 0.381. The Bertz CT molecular complexity index is 837. The largest absolute Gasteiger partial charge is 0.493 e. The highest BCUT2D eigenvalue weighted by Crippen LogP contribution is 2.33. The van der Waals surface area contributed by atoms with E-state index < -0.39 is 0 Å². The number of carbonyl (C=O) groups excluding carboxylic acids is 1. The molecule has 0 bridgehead atoms. The molecule has 1 aliphatic rings. The van der Waals surface area contributed by atoms with Crippen molar-refractivity contribution in [3.05, 3.63) is 52.0 Å². The van der Waals surface area contributed by atoms with E-state index in [1.807, 2.05) is 30.0 Å². The van der Waals surface area contributed by atoms with E-state index in [0.29, 0.717) is 35.4 Å². The molecule has 0 atom stereocenters. The number of benzene rings is 2. The van der Waals surface area contributed by atoms with E-state index in [1.165, 1.54) is 5.56 Å². The molecule has 0 aromatic heterocycles. The second-order valence-electron chi connectivity index (χ2n) is 6.44.